The average molecular weight is 104 g/mol. The van der Waals surface area contributed by atoms with Gasteiger partial charge in [0.25, 0.3) is 0 Å². The number of hydrogen-bond acceptors (Lipinski definition) is 3. The van der Waals surface area contributed by atoms with Gasteiger partial charge in [-0.25, -0.2) is 9.97 Å². The Morgan fingerprint density at radius 3 is 3.00 bits per heavy atom. The van der Waals surface area contributed by atoms with E-state index in [4.69, 9.17) is 5.26 Å². The first-order valence-corrected chi connectivity index (χ1v) is 2.02. The van der Waals surface area contributed by atoms with Crippen LogP contribution in [0.1, 0.15) is 5.69 Å². The molecular formula is C5H2N3. The Bertz CT molecular complexity index is 199. The van der Waals surface area contributed by atoms with Crippen LogP contribution in [0.2, 0.25) is 0 Å². The Morgan fingerprint density at radius 2 is 2.62 bits per heavy atom. The predicted molar refractivity (Wildman–Crippen MR) is 25.6 cm³/mol. The van der Waals surface area contributed by atoms with E-state index < -0.39 is 0 Å². The number of hydrogen-bond donors (Lipinski definition) is 0. The van der Waals surface area contributed by atoms with E-state index in [-0.39, 0.29) is 0 Å². The minimum absolute atomic E-state index is 0.347. The molecule has 0 unspecified atom stereocenters. The molecule has 0 atom stereocenters. The van der Waals surface area contributed by atoms with E-state index in [1.54, 1.807) is 0 Å². The number of rotatable bonds is 0. The summed E-state index contributed by atoms with van der Waals surface area (Å²) >= 11 is 0. The summed E-state index contributed by atoms with van der Waals surface area (Å²) in [6, 6.07) is 3.37. The van der Waals surface area contributed by atoms with Crippen LogP contribution in [0.5, 0.6) is 0 Å². The minimum Gasteiger partial charge on any atom is -0.234 e. The third-order valence-corrected chi connectivity index (χ3v) is 0.650. The molecule has 8 heavy (non-hydrogen) atoms. The molecule has 3 heteroatoms. The van der Waals surface area contributed by atoms with Crippen molar-refractivity contribution in [2.75, 3.05) is 0 Å². The van der Waals surface area contributed by atoms with Crippen LogP contribution in [-0.4, -0.2) is 9.97 Å². The molecule has 0 aliphatic heterocycles. The van der Waals surface area contributed by atoms with Gasteiger partial charge in [0.2, 0.25) is 0 Å². The molecule has 1 rings (SSSR count). The van der Waals surface area contributed by atoms with Crippen molar-refractivity contribution < 1.29 is 0 Å². The SMILES string of the molecule is N#Cc1ccn[c]n1. The summed E-state index contributed by atoms with van der Waals surface area (Å²) in [6.07, 6.45) is 3.77. The Hall–Kier alpha value is -1.43. The molecule has 37 valence electrons. The monoisotopic (exact) mass is 104 g/mol. The van der Waals surface area contributed by atoms with Gasteiger partial charge in [-0.15, -0.1) is 0 Å². The van der Waals surface area contributed by atoms with Gasteiger partial charge >= 0.3 is 0 Å². The summed E-state index contributed by atoms with van der Waals surface area (Å²) in [6.45, 7) is 0. The van der Waals surface area contributed by atoms with E-state index >= 15 is 0 Å². The van der Waals surface area contributed by atoms with Gasteiger partial charge in [-0.05, 0) is 6.07 Å². The highest BCUT2D eigenvalue weighted by Crippen LogP contribution is 1.82. The van der Waals surface area contributed by atoms with Crippen LogP contribution < -0.4 is 0 Å². The normalized spacial score (nSPS) is 7.88. The molecule has 0 spiro atoms. The summed E-state index contributed by atoms with van der Waals surface area (Å²) in [5.41, 5.74) is 0.347. The second-order valence-corrected chi connectivity index (χ2v) is 1.15. The maximum atomic E-state index is 8.18. The van der Waals surface area contributed by atoms with Gasteiger partial charge in [0.1, 0.15) is 11.8 Å². The number of nitriles is 1. The zero-order valence-electron chi connectivity index (χ0n) is 4.00. The Kier molecular flexibility index (Phi) is 1.20. The molecule has 1 aromatic rings. The van der Waals surface area contributed by atoms with Crippen molar-refractivity contribution in [3.63, 3.8) is 0 Å². The summed E-state index contributed by atoms with van der Waals surface area (Å²) in [5, 5.41) is 8.18. The first-order valence-electron chi connectivity index (χ1n) is 2.02. The van der Waals surface area contributed by atoms with Crippen LogP contribution in [0.15, 0.2) is 12.3 Å². The topological polar surface area (TPSA) is 49.6 Å². The number of aromatic nitrogens is 2. The lowest BCUT2D eigenvalue weighted by atomic mass is 10.5. The second-order valence-electron chi connectivity index (χ2n) is 1.15. The zero-order chi connectivity index (χ0) is 5.82. The molecule has 0 aliphatic carbocycles. The van der Waals surface area contributed by atoms with Gasteiger partial charge in [-0.1, -0.05) is 0 Å². The molecule has 1 aromatic heterocycles. The van der Waals surface area contributed by atoms with Crippen LogP contribution in [-0.2, 0) is 0 Å². The van der Waals surface area contributed by atoms with Crippen LogP contribution in [0.4, 0.5) is 0 Å². The first-order chi connectivity index (χ1) is 3.93. The molecule has 0 N–H and O–H groups in total. The summed E-state index contributed by atoms with van der Waals surface area (Å²) in [4.78, 5) is 7.01. The lowest BCUT2D eigenvalue weighted by Gasteiger charge is -1.77. The Labute approximate surface area is 46.6 Å². The van der Waals surface area contributed by atoms with Gasteiger partial charge in [-0.2, -0.15) is 5.26 Å². The summed E-state index contributed by atoms with van der Waals surface area (Å²) in [5.74, 6) is 0. The van der Waals surface area contributed by atoms with E-state index in [0.29, 0.717) is 5.69 Å². The van der Waals surface area contributed by atoms with Gasteiger partial charge in [-0.3, -0.25) is 0 Å². The second kappa shape index (κ2) is 2.03. The molecule has 0 fully saturated rings. The van der Waals surface area contributed by atoms with Crippen molar-refractivity contribution in [1.29, 1.82) is 5.26 Å². The fourth-order valence-corrected chi connectivity index (χ4v) is 0.323. The third kappa shape index (κ3) is 0.793. The lowest BCUT2D eigenvalue weighted by Crippen LogP contribution is -1.80. The highest BCUT2D eigenvalue weighted by Gasteiger charge is 1.83. The lowest BCUT2D eigenvalue weighted by molar-refractivity contribution is 1.12. The van der Waals surface area contributed by atoms with Crippen molar-refractivity contribution in [2.45, 2.75) is 0 Å². The van der Waals surface area contributed by atoms with E-state index in [9.17, 15) is 0 Å². The van der Waals surface area contributed by atoms with Crippen molar-refractivity contribution in [2.24, 2.45) is 0 Å². The van der Waals surface area contributed by atoms with E-state index in [1.807, 2.05) is 6.07 Å². The van der Waals surface area contributed by atoms with Crippen LogP contribution in [0.3, 0.4) is 0 Å². The standard InChI is InChI=1S/C5H2N3/c6-3-5-1-2-7-4-8-5/h1-2H. The molecule has 1 heterocycles. The summed E-state index contributed by atoms with van der Waals surface area (Å²) < 4.78 is 0. The Balaban J connectivity index is 3.05. The molecule has 3 nitrogen and oxygen atoms in total. The molecule has 0 amide bonds. The maximum Gasteiger partial charge on any atom is 0.199 e. The van der Waals surface area contributed by atoms with Crippen molar-refractivity contribution in [1.82, 2.24) is 9.97 Å². The van der Waals surface area contributed by atoms with Gasteiger partial charge in [0, 0.05) is 6.20 Å². The van der Waals surface area contributed by atoms with Crippen molar-refractivity contribution >= 4 is 0 Å². The van der Waals surface area contributed by atoms with Crippen LogP contribution in [0.25, 0.3) is 0 Å². The zero-order valence-corrected chi connectivity index (χ0v) is 4.00. The molecule has 1 radical (unpaired) electrons. The van der Waals surface area contributed by atoms with Crippen LogP contribution >= 0.6 is 0 Å². The van der Waals surface area contributed by atoms with Gasteiger partial charge in [0.05, 0.1) is 0 Å². The van der Waals surface area contributed by atoms with Gasteiger partial charge in [0.15, 0.2) is 6.33 Å². The van der Waals surface area contributed by atoms with E-state index in [2.05, 4.69) is 16.3 Å². The molecule has 0 saturated carbocycles. The molecule has 0 aliphatic rings. The quantitative estimate of drug-likeness (QED) is 0.470. The smallest absolute Gasteiger partial charge is 0.199 e. The molecular weight excluding hydrogens is 102 g/mol. The van der Waals surface area contributed by atoms with E-state index in [0.717, 1.165) is 0 Å². The first kappa shape index (κ1) is 4.72. The summed E-state index contributed by atoms with van der Waals surface area (Å²) in [7, 11) is 0. The molecule has 0 aromatic carbocycles. The van der Waals surface area contributed by atoms with Gasteiger partial charge < -0.3 is 0 Å². The Morgan fingerprint density at radius 1 is 1.75 bits per heavy atom. The predicted octanol–water partition coefficient (Wildman–Crippen LogP) is 0.148. The highest BCUT2D eigenvalue weighted by molar-refractivity contribution is 5.15. The minimum atomic E-state index is 0.347. The fourth-order valence-electron chi connectivity index (χ4n) is 0.323. The van der Waals surface area contributed by atoms with E-state index in [1.165, 1.54) is 12.3 Å². The highest BCUT2D eigenvalue weighted by atomic mass is 14.8. The molecule has 0 bridgehead atoms. The van der Waals surface area contributed by atoms with Crippen LogP contribution in [0, 0.1) is 17.7 Å². The van der Waals surface area contributed by atoms with Crippen molar-refractivity contribution in [3.05, 3.63) is 24.3 Å². The maximum absolute atomic E-state index is 8.18. The fraction of sp³-hybridized carbons (Fsp3) is 0. The van der Waals surface area contributed by atoms with Crippen molar-refractivity contribution in [3.8, 4) is 6.07 Å². The molecule has 0 saturated heterocycles. The third-order valence-electron chi connectivity index (χ3n) is 0.650. The largest absolute Gasteiger partial charge is 0.234 e. The number of nitrogens with zero attached hydrogens (tertiary/aromatic N) is 3. The average Bonchev–Trinajstić information content (AvgIpc) is 1.90.